The minimum Gasteiger partial charge on any atom is -0.446 e. The second-order valence-corrected chi connectivity index (χ2v) is 15.8. The molecule has 2 amide bonds. The van der Waals surface area contributed by atoms with Gasteiger partial charge in [0.2, 0.25) is 5.91 Å². The molecular weight excluding hydrogens is 574 g/mol. The summed E-state index contributed by atoms with van der Waals surface area (Å²) in [5.41, 5.74) is 6.03. The molecule has 4 aliphatic carbocycles. The van der Waals surface area contributed by atoms with Crippen molar-refractivity contribution in [1.29, 1.82) is 0 Å². The van der Waals surface area contributed by atoms with Gasteiger partial charge in [0, 0.05) is 37.9 Å². The highest BCUT2D eigenvalue weighted by molar-refractivity contribution is 5.76. The predicted molar refractivity (Wildman–Crippen MR) is 180 cm³/mol. The Balaban J connectivity index is 0.915. The largest absolute Gasteiger partial charge is 0.446 e. The van der Waals surface area contributed by atoms with Crippen LogP contribution in [0.25, 0.3) is 0 Å². The first kappa shape index (κ1) is 31.9. The molecule has 2 heterocycles. The number of aryl methyl sites for hydroxylation is 1. The molecule has 2 saturated carbocycles. The summed E-state index contributed by atoms with van der Waals surface area (Å²) in [4.78, 5) is 24.9. The number of carbonyl (C=O) groups is 2. The van der Waals surface area contributed by atoms with E-state index in [1.807, 2.05) is 30.3 Å². The third kappa shape index (κ3) is 5.74. The van der Waals surface area contributed by atoms with E-state index in [-0.39, 0.29) is 29.1 Å². The normalized spacial score (nSPS) is 39.5. The zero-order valence-electron chi connectivity index (χ0n) is 28.4. The molecule has 0 radical (unpaired) electrons. The number of allylic oxidation sites excluding steroid dienone is 2. The molecule has 1 aromatic carbocycles. The number of fused-ring (bicyclic) bond motifs is 6. The molecule has 0 bridgehead atoms. The molecule has 10 unspecified atom stereocenters. The summed E-state index contributed by atoms with van der Waals surface area (Å²) in [7, 11) is 0. The number of hydrogen-bond acceptors (Lipinski definition) is 5. The Morgan fingerprint density at radius 1 is 1.07 bits per heavy atom. The van der Waals surface area contributed by atoms with Gasteiger partial charge in [-0.15, -0.1) is 0 Å². The molecular formula is C39H55N3O4. The van der Waals surface area contributed by atoms with Gasteiger partial charge in [0.1, 0.15) is 6.10 Å². The summed E-state index contributed by atoms with van der Waals surface area (Å²) in [6.07, 6.45) is 12.3. The van der Waals surface area contributed by atoms with E-state index in [9.17, 15) is 9.59 Å². The summed E-state index contributed by atoms with van der Waals surface area (Å²) in [6.45, 7) is 11.6. The smallest absolute Gasteiger partial charge is 0.407 e. The molecule has 2 aliphatic heterocycles. The quantitative estimate of drug-likeness (QED) is 0.237. The zero-order chi connectivity index (χ0) is 32.1. The van der Waals surface area contributed by atoms with Crippen molar-refractivity contribution in [3.63, 3.8) is 0 Å². The number of ether oxygens (including phenoxy) is 2. The van der Waals surface area contributed by atoms with Gasteiger partial charge in [-0.05, 0) is 105 Å². The van der Waals surface area contributed by atoms with Crippen molar-refractivity contribution in [3.05, 3.63) is 58.7 Å². The highest BCUT2D eigenvalue weighted by Gasteiger charge is 2.60. The van der Waals surface area contributed by atoms with Crippen LogP contribution in [0.1, 0.15) is 91.0 Å². The van der Waals surface area contributed by atoms with Gasteiger partial charge < -0.3 is 25.4 Å². The number of benzene rings is 1. The molecule has 1 aromatic rings. The molecule has 2 saturated heterocycles. The van der Waals surface area contributed by atoms with Gasteiger partial charge >= 0.3 is 6.09 Å². The number of rotatable bonds is 7. The maximum atomic E-state index is 12.7. The molecule has 1 spiro atoms. The van der Waals surface area contributed by atoms with Crippen LogP contribution in [0.4, 0.5) is 4.79 Å². The summed E-state index contributed by atoms with van der Waals surface area (Å²) in [5, 5.41) is 9.60. The first-order chi connectivity index (χ1) is 22.2. The monoisotopic (exact) mass is 629 g/mol. The first-order valence-corrected chi connectivity index (χ1v) is 18.2. The summed E-state index contributed by atoms with van der Waals surface area (Å²) in [6, 6.07) is 10.5. The Kier molecular flexibility index (Phi) is 8.86. The van der Waals surface area contributed by atoms with Crippen molar-refractivity contribution < 1.29 is 19.1 Å². The number of hydrogen-bond donors (Lipinski definition) is 3. The molecule has 250 valence electrons. The fourth-order valence-corrected chi connectivity index (χ4v) is 10.7. The molecule has 3 N–H and O–H groups in total. The van der Waals surface area contributed by atoms with Crippen LogP contribution in [0, 0.1) is 35.0 Å². The topological polar surface area (TPSA) is 88.7 Å². The van der Waals surface area contributed by atoms with E-state index >= 15 is 0 Å². The maximum Gasteiger partial charge on any atom is 0.407 e. The van der Waals surface area contributed by atoms with Gasteiger partial charge in [-0.3, -0.25) is 4.79 Å². The second kappa shape index (κ2) is 12.8. The van der Waals surface area contributed by atoms with E-state index in [4.69, 9.17) is 9.47 Å². The number of alkyl carbamates (subject to hydrolysis) is 1. The van der Waals surface area contributed by atoms with Gasteiger partial charge in [-0.2, -0.15) is 0 Å². The average Bonchev–Trinajstić information content (AvgIpc) is 3.57. The lowest BCUT2D eigenvalue weighted by Crippen LogP contribution is -2.49. The van der Waals surface area contributed by atoms with E-state index in [0.29, 0.717) is 61.7 Å². The van der Waals surface area contributed by atoms with E-state index in [1.54, 1.807) is 11.1 Å². The molecule has 0 aromatic heterocycles. The van der Waals surface area contributed by atoms with Crippen LogP contribution in [0.2, 0.25) is 0 Å². The zero-order valence-corrected chi connectivity index (χ0v) is 28.4. The standard InChI is InChI=1S/C39H55N3O4/c1-24-20-34-36(42-23-24)26(3)39(46-34)17-15-30-31-12-11-28-21-29(14-16-38(28,4)33(31)22-32(30)25(39)2)45-37(44)41-19-18-40-35(43)13-10-27-8-6-5-7-9-27/h5-9,11,24,26,29-31,33-34,36,42H,10,12-23H2,1-4H3,(H,40,43)(H,41,44). The lowest BCUT2D eigenvalue weighted by atomic mass is 9.56. The molecule has 4 fully saturated rings. The van der Waals surface area contributed by atoms with Gasteiger partial charge in [-0.25, -0.2) is 4.79 Å². The van der Waals surface area contributed by atoms with E-state index in [2.05, 4.69) is 49.7 Å². The number of carbonyl (C=O) groups excluding carboxylic acids is 2. The van der Waals surface area contributed by atoms with Gasteiger partial charge in [-0.1, -0.05) is 68.3 Å². The van der Waals surface area contributed by atoms with Gasteiger partial charge in [0.05, 0.1) is 11.7 Å². The van der Waals surface area contributed by atoms with Crippen LogP contribution in [-0.2, 0) is 20.7 Å². The fourth-order valence-electron chi connectivity index (χ4n) is 10.7. The van der Waals surface area contributed by atoms with Crippen LogP contribution in [0.5, 0.6) is 0 Å². The summed E-state index contributed by atoms with van der Waals surface area (Å²) < 4.78 is 13.0. The second-order valence-electron chi connectivity index (χ2n) is 15.8. The van der Waals surface area contributed by atoms with Crippen molar-refractivity contribution in [3.8, 4) is 0 Å². The van der Waals surface area contributed by atoms with Crippen LogP contribution < -0.4 is 16.0 Å². The minimum atomic E-state index is -0.380. The maximum absolute atomic E-state index is 12.7. The third-order valence-corrected chi connectivity index (χ3v) is 13.3. The Bertz CT molecular complexity index is 1370. The van der Waals surface area contributed by atoms with Crippen molar-refractivity contribution in [2.75, 3.05) is 19.6 Å². The highest BCUT2D eigenvalue weighted by Crippen LogP contribution is 2.65. The van der Waals surface area contributed by atoms with E-state index in [0.717, 1.165) is 50.1 Å². The van der Waals surface area contributed by atoms with Crippen LogP contribution in [-0.4, -0.2) is 55.5 Å². The molecule has 7 rings (SSSR count). The third-order valence-electron chi connectivity index (χ3n) is 13.3. The number of amides is 2. The van der Waals surface area contributed by atoms with Gasteiger partial charge in [0.25, 0.3) is 0 Å². The molecule has 46 heavy (non-hydrogen) atoms. The lowest BCUT2D eigenvalue weighted by Gasteiger charge is -2.49. The Morgan fingerprint density at radius 2 is 1.87 bits per heavy atom. The SMILES string of the molecule is CC1=C2CC3C(CC=C4CC(OC(=O)NCCNC(=O)CCc5ccccc5)CCC43C)C2CCC12OC1CC(C)CNC1C2C. The predicted octanol–water partition coefficient (Wildman–Crippen LogP) is 6.48. The van der Waals surface area contributed by atoms with Gasteiger partial charge in [0.15, 0.2) is 0 Å². The molecule has 7 nitrogen and oxygen atoms in total. The minimum absolute atomic E-state index is 0.00376. The van der Waals surface area contributed by atoms with Crippen molar-refractivity contribution in [1.82, 2.24) is 16.0 Å². The summed E-state index contributed by atoms with van der Waals surface area (Å²) >= 11 is 0. The molecule has 10 atom stereocenters. The summed E-state index contributed by atoms with van der Waals surface area (Å²) in [5.74, 6) is 3.26. The van der Waals surface area contributed by atoms with Crippen molar-refractivity contribution >= 4 is 12.0 Å². The highest BCUT2D eigenvalue weighted by atomic mass is 16.6. The van der Waals surface area contributed by atoms with Crippen molar-refractivity contribution in [2.24, 2.45) is 35.0 Å². The van der Waals surface area contributed by atoms with E-state index in [1.165, 1.54) is 24.8 Å². The van der Waals surface area contributed by atoms with Crippen LogP contribution >= 0.6 is 0 Å². The number of nitrogens with one attached hydrogen (secondary N) is 3. The number of piperidine rings is 1. The lowest BCUT2D eigenvalue weighted by molar-refractivity contribution is -0.121. The molecule has 7 heteroatoms. The van der Waals surface area contributed by atoms with Crippen LogP contribution in [0.3, 0.4) is 0 Å². The Labute approximate surface area is 275 Å². The van der Waals surface area contributed by atoms with Crippen molar-refractivity contribution in [2.45, 2.75) is 116 Å². The molecule has 6 aliphatic rings. The average molecular weight is 630 g/mol. The first-order valence-electron chi connectivity index (χ1n) is 18.2. The fraction of sp³-hybridized carbons (Fsp3) is 0.692. The Hall–Kier alpha value is -2.64. The van der Waals surface area contributed by atoms with Crippen LogP contribution in [0.15, 0.2) is 53.1 Å². The van der Waals surface area contributed by atoms with E-state index < -0.39 is 0 Å². The Morgan fingerprint density at radius 3 is 2.70 bits per heavy atom.